The first-order valence-electron chi connectivity index (χ1n) is 6.51. The Hall–Kier alpha value is -1.40. The maximum absolute atomic E-state index is 12.5. The molecule has 0 bridgehead atoms. The van der Waals surface area contributed by atoms with Crippen molar-refractivity contribution >= 4 is 29.0 Å². The minimum atomic E-state index is -0.415. The molecule has 0 aromatic carbocycles. The van der Waals surface area contributed by atoms with Gasteiger partial charge in [-0.3, -0.25) is 4.79 Å². The topological polar surface area (TPSA) is 67.4 Å². The molecule has 1 aliphatic heterocycles. The van der Waals surface area contributed by atoms with Gasteiger partial charge in [-0.15, -0.1) is 0 Å². The highest BCUT2D eigenvalue weighted by Gasteiger charge is 2.35. The quantitative estimate of drug-likeness (QED) is 0.864. The van der Waals surface area contributed by atoms with Gasteiger partial charge in [0.1, 0.15) is 5.69 Å². The lowest BCUT2D eigenvalue weighted by atomic mass is 9.81. The first kappa shape index (κ1) is 15.0. The van der Waals surface area contributed by atoms with Crippen molar-refractivity contribution in [2.75, 3.05) is 37.5 Å². The lowest BCUT2D eigenvalue weighted by Gasteiger charge is -2.32. The predicted octanol–water partition coefficient (Wildman–Crippen LogP) is 1.95. The number of ether oxygens (including phenoxy) is 1. The summed E-state index contributed by atoms with van der Waals surface area (Å²) in [6, 6.07) is 0. The molecule has 1 saturated heterocycles. The van der Waals surface area contributed by atoms with E-state index in [1.54, 1.807) is 4.90 Å². The van der Waals surface area contributed by atoms with Gasteiger partial charge in [-0.2, -0.15) is 4.98 Å². The molecule has 6 nitrogen and oxygen atoms in total. The molecule has 0 unspecified atom stereocenters. The molecule has 1 aliphatic rings. The molecule has 0 aliphatic carbocycles. The lowest BCUT2D eigenvalue weighted by Crippen LogP contribution is -2.38. The van der Waals surface area contributed by atoms with Crippen LogP contribution in [0.4, 0.5) is 11.5 Å². The van der Waals surface area contributed by atoms with Gasteiger partial charge in [-0.05, 0) is 24.4 Å². The highest BCUT2D eigenvalue weighted by Crippen LogP contribution is 2.32. The molecule has 2 heterocycles. The molecule has 110 valence electrons. The van der Waals surface area contributed by atoms with Gasteiger partial charge in [-0.1, -0.05) is 6.92 Å². The summed E-state index contributed by atoms with van der Waals surface area (Å²) in [6.07, 6.45) is 2.96. The second kappa shape index (κ2) is 5.93. The van der Waals surface area contributed by atoms with Crippen LogP contribution in [0.25, 0.3) is 0 Å². The number of carbonyl (C=O) groups excluding carboxylic acids is 1. The van der Waals surface area contributed by atoms with Crippen LogP contribution in [0.15, 0.2) is 6.20 Å². The normalized spacial score (nSPS) is 17.6. The van der Waals surface area contributed by atoms with Crippen molar-refractivity contribution in [2.45, 2.75) is 19.8 Å². The Morgan fingerprint density at radius 2 is 2.10 bits per heavy atom. The first-order chi connectivity index (χ1) is 9.42. The number of rotatable bonds is 3. The molecular formula is C13H19ClN4O2. The number of nitrogens with zero attached hydrogens (tertiary/aromatic N) is 3. The number of anilines is 2. The highest BCUT2D eigenvalue weighted by atomic mass is 35.5. The summed E-state index contributed by atoms with van der Waals surface area (Å²) in [5.41, 5.74) is 0.152. The fraction of sp³-hybridized carbons (Fsp3) is 0.615. The van der Waals surface area contributed by atoms with Crippen LogP contribution in [-0.4, -0.2) is 43.2 Å². The number of hydrogen-bond acceptors (Lipinski definition) is 5. The van der Waals surface area contributed by atoms with E-state index in [1.807, 2.05) is 21.0 Å². The first-order valence-corrected chi connectivity index (χ1v) is 6.89. The monoisotopic (exact) mass is 298 g/mol. The van der Waals surface area contributed by atoms with Gasteiger partial charge in [-0.25, -0.2) is 4.98 Å². The van der Waals surface area contributed by atoms with Crippen LogP contribution >= 0.6 is 11.6 Å². The summed E-state index contributed by atoms with van der Waals surface area (Å²) < 4.78 is 5.31. The summed E-state index contributed by atoms with van der Waals surface area (Å²) >= 11 is 5.80. The average Bonchev–Trinajstić information content (AvgIpc) is 2.41. The van der Waals surface area contributed by atoms with Crippen molar-refractivity contribution in [3.8, 4) is 0 Å². The van der Waals surface area contributed by atoms with Crippen molar-refractivity contribution in [3.05, 3.63) is 11.5 Å². The van der Waals surface area contributed by atoms with Gasteiger partial charge in [0.25, 0.3) is 0 Å². The van der Waals surface area contributed by atoms with E-state index >= 15 is 0 Å². The lowest BCUT2D eigenvalue weighted by molar-refractivity contribution is -0.129. The summed E-state index contributed by atoms with van der Waals surface area (Å²) in [5.74, 6) is 0.559. The third-order valence-corrected chi connectivity index (χ3v) is 3.74. The SMILES string of the molecule is CN(C)c1nc(Cl)ncc1NC(=O)C1(C)CCOCC1. The van der Waals surface area contributed by atoms with Gasteiger partial charge in [0.2, 0.25) is 11.2 Å². The molecule has 1 fully saturated rings. The van der Waals surface area contributed by atoms with E-state index < -0.39 is 5.41 Å². The van der Waals surface area contributed by atoms with E-state index in [4.69, 9.17) is 16.3 Å². The van der Waals surface area contributed by atoms with E-state index in [1.165, 1.54) is 6.20 Å². The van der Waals surface area contributed by atoms with E-state index in [2.05, 4.69) is 15.3 Å². The molecule has 20 heavy (non-hydrogen) atoms. The number of carbonyl (C=O) groups is 1. The fourth-order valence-electron chi connectivity index (χ4n) is 2.10. The van der Waals surface area contributed by atoms with Crippen molar-refractivity contribution in [1.82, 2.24) is 9.97 Å². The van der Waals surface area contributed by atoms with E-state index in [-0.39, 0.29) is 11.2 Å². The number of halogens is 1. The predicted molar refractivity (Wildman–Crippen MR) is 78.2 cm³/mol. The zero-order valence-electron chi connectivity index (χ0n) is 11.9. The number of amides is 1. The Labute approximate surface area is 123 Å². The molecule has 0 spiro atoms. The Morgan fingerprint density at radius 3 is 2.70 bits per heavy atom. The Morgan fingerprint density at radius 1 is 1.45 bits per heavy atom. The maximum Gasteiger partial charge on any atom is 0.230 e. The van der Waals surface area contributed by atoms with E-state index in [9.17, 15) is 4.79 Å². The van der Waals surface area contributed by atoms with Crippen LogP contribution in [0.1, 0.15) is 19.8 Å². The van der Waals surface area contributed by atoms with Gasteiger partial charge < -0.3 is 15.0 Å². The molecule has 7 heteroatoms. The summed E-state index contributed by atoms with van der Waals surface area (Å²) in [6.45, 7) is 3.18. The molecule has 1 aromatic rings. The van der Waals surface area contributed by atoms with Gasteiger partial charge in [0.05, 0.1) is 11.6 Å². The number of nitrogens with one attached hydrogen (secondary N) is 1. The van der Waals surface area contributed by atoms with E-state index in [0.29, 0.717) is 37.6 Å². The Balaban J connectivity index is 2.19. The third-order valence-electron chi connectivity index (χ3n) is 3.56. The fourth-order valence-corrected chi connectivity index (χ4v) is 2.23. The van der Waals surface area contributed by atoms with Gasteiger partial charge in [0.15, 0.2) is 5.82 Å². The molecule has 0 saturated carbocycles. The van der Waals surface area contributed by atoms with Crippen molar-refractivity contribution in [2.24, 2.45) is 5.41 Å². The van der Waals surface area contributed by atoms with Crippen LogP contribution in [0.3, 0.4) is 0 Å². The summed E-state index contributed by atoms with van der Waals surface area (Å²) in [7, 11) is 3.68. The molecule has 2 rings (SSSR count). The largest absolute Gasteiger partial charge is 0.381 e. The minimum absolute atomic E-state index is 0.0326. The Bertz CT molecular complexity index is 501. The average molecular weight is 299 g/mol. The maximum atomic E-state index is 12.5. The number of aromatic nitrogens is 2. The highest BCUT2D eigenvalue weighted by molar-refractivity contribution is 6.28. The van der Waals surface area contributed by atoms with Crippen LogP contribution < -0.4 is 10.2 Å². The van der Waals surface area contributed by atoms with Crippen molar-refractivity contribution in [1.29, 1.82) is 0 Å². The molecule has 1 N–H and O–H groups in total. The summed E-state index contributed by atoms with van der Waals surface area (Å²) in [5, 5.41) is 3.07. The zero-order chi connectivity index (χ0) is 14.8. The summed E-state index contributed by atoms with van der Waals surface area (Å²) in [4.78, 5) is 22.3. The third kappa shape index (κ3) is 3.19. The van der Waals surface area contributed by atoms with Crippen molar-refractivity contribution < 1.29 is 9.53 Å². The van der Waals surface area contributed by atoms with Gasteiger partial charge >= 0.3 is 0 Å². The Kier molecular flexibility index (Phi) is 4.45. The van der Waals surface area contributed by atoms with Crippen LogP contribution in [0.5, 0.6) is 0 Å². The zero-order valence-corrected chi connectivity index (χ0v) is 12.7. The second-order valence-corrected chi connectivity index (χ2v) is 5.74. The molecule has 0 radical (unpaired) electrons. The van der Waals surface area contributed by atoms with Crippen LogP contribution in [-0.2, 0) is 9.53 Å². The van der Waals surface area contributed by atoms with Gasteiger partial charge in [0, 0.05) is 27.3 Å². The van der Waals surface area contributed by atoms with Crippen LogP contribution in [0, 0.1) is 5.41 Å². The minimum Gasteiger partial charge on any atom is -0.381 e. The van der Waals surface area contributed by atoms with E-state index in [0.717, 1.165) is 0 Å². The molecule has 0 atom stereocenters. The van der Waals surface area contributed by atoms with Crippen LogP contribution in [0.2, 0.25) is 5.28 Å². The standard InChI is InChI=1S/C13H19ClN4O2/c1-13(4-6-20-7-5-13)11(19)16-9-8-15-12(14)17-10(9)18(2)3/h8H,4-7H2,1-3H3,(H,16,19). The second-order valence-electron chi connectivity index (χ2n) is 5.40. The number of hydrogen-bond donors (Lipinski definition) is 1. The molecule has 1 aromatic heterocycles. The molecular weight excluding hydrogens is 280 g/mol. The van der Waals surface area contributed by atoms with Crippen molar-refractivity contribution in [3.63, 3.8) is 0 Å². The smallest absolute Gasteiger partial charge is 0.230 e. The molecule has 1 amide bonds.